The molecule has 1 fully saturated rings. The van der Waals surface area contributed by atoms with Gasteiger partial charge in [-0.25, -0.2) is 14.5 Å². The Balaban J connectivity index is 1.45. The van der Waals surface area contributed by atoms with Crippen molar-refractivity contribution in [2.75, 3.05) is 25.5 Å². The van der Waals surface area contributed by atoms with Gasteiger partial charge in [0.25, 0.3) is 0 Å². The maximum atomic E-state index is 11.5. The fraction of sp³-hybridized carbons (Fsp3) is 0.350. The van der Waals surface area contributed by atoms with Gasteiger partial charge in [0, 0.05) is 68.2 Å². The van der Waals surface area contributed by atoms with E-state index in [0.29, 0.717) is 17.6 Å². The van der Waals surface area contributed by atoms with Crippen molar-refractivity contribution in [2.45, 2.75) is 25.8 Å². The molecule has 0 aliphatic carbocycles. The van der Waals surface area contributed by atoms with Crippen LogP contribution in [-0.2, 0) is 4.79 Å². The van der Waals surface area contributed by atoms with Crippen molar-refractivity contribution in [1.29, 1.82) is 0 Å². The Morgan fingerprint density at radius 1 is 1.23 bits per heavy atom. The monoisotopic (exact) mass is 406 g/mol. The summed E-state index contributed by atoms with van der Waals surface area (Å²) in [6.45, 7) is 3.09. The Morgan fingerprint density at radius 3 is 2.83 bits per heavy atom. The number of imidazole rings is 1. The van der Waals surface area contributed by atoms with Crippen molar-refractivity contribution < 1.29 is 9.53 Å². The molecule has 5 rings (SSSR count). The normalized spacial score (nSPS) is 15.1. The number of rotatable bonds is 4. The van der Waals surface area contributed by atoms with Gasteiger partial charge in [0.05, 0.1) is 7.11 Å². The standard InChI is InChI=1S/C20H22N8O2/c1-13(29)26-7-3-15(4-8-26)23-19-24-18(30-2)17-16(5-9-28(17)25-19)14-11-22-20-21-6-10-27(20)12-14/h5-6,9-12,15H,3-4,7-8H2,1-2H3,(H,23,25). The number of anilines is 1. The summed E-state index contributed by atoms with van der Waals surface area (Å²) in [7, 11) is 1.60. The smallest absolute Gasteiger partial charge is 0.244 e. The number of piperidine rings is 1. The SMILES string of the molecule is COc1nc(NC2CCN(C(C)=O)CC2)nn2ccc(-c3cnc4nccn4c3)c12. The van der Waals surface area contributed by atoms with Crippen LogP contribution in [0.2, 0.25) is 0 Å². The summed E-state index contributed by atoms with van der Waals surface area (Å²) in [5.41, 5.74) is 2.62. The maximum Gasteiger partial charge on any atom is 0.244 e. The van der Waals surface area contributed by atoms with E-state index in [1.165, 1.54) is 0 Å². The molecule has 4 aromatic heterocycles. The number of aromatic nitrogens is 6. The van der Waals surface area contributed by atoms with E-state index in [9.17, 15) is 4.79 Å². The molecule has 10 heteroatoms. The summed E-state index contributed by atoms with van der Waals surface area (Å²) in [4.78, 5) is 26.6. The molecule has 1 saturated heterocycles. The van der Waals surface area contributed by atoms with Gasteiger partial charge in [-0.3, -0.25) is 9.20 Å². The van der Waals surface area contributed by atoms with Gasteiger partial charge >= 0.3 is 0 Å². The van der Waals surface area contributed by atoms with Gasteiger partial charge in [-0.15, -0.1) is 5.10 Å². The molecule has 0 saturated carbocycles. The molecule has 4 aromatic rings. The van der Waals surface area contributed by atoms with Gasteiger partial charge in [0.15, 0.2) is 0 Å². The first-order valence-electron chi connectivity index (χ1n) is 9.87. The average Bonchev–Trinajstić information content (AvgIpc) is 3.39. The lowest BCUT2D eigenvalue weighted by molar-refractivity contribution is -0.129. The number of amides is 1. The second kappa shape index (κ2) is 7.29. The van der Waals surface area contributed by atoms with E-state index in [-0.39, 0.29) is 11.9 Å². The molecule has 0 spiro atoms. The molecule has 154 valence electrons. The summed E-state index contributed by atoms with van der Waals surface area (Å²) in [6.07, 6.45) is 10.9. The molecule has 10 nitrogen and oxygen atoms in total. The summed E-state index contributed by atoms with van der Waals surface area (Å²) in [5, 5.41) is 8.02. The zero-order valence-electron chi connectivity index (χ0n) is 16.8. The Kier molecular flexibility index (Phi) is 4.46. The molecule has 0 atom stereocenters. The van der Waals surface area contributed by atoms with Crippen molar-refractivity contribution in [3.8, 4) is 17.0 Å². The van der Waals surface area contributed by atoms with Crippen LogP contribution in [-0.4, -0.2) is 66.0 Å². The van der Waals surface area contributed by atoms with Crippen molar-refractivity contribution in [3.63, 3.8) is 0 Å². The minimum absolute atomic E-state index is 0.121. The minimum Gasteiger partial charge on any atom is -0.479 e. The minimum atomic E-state index is 0.121. The van der Waals surface area contributed by atoms with E-state index in [1.54, 1.807) is 30.9 Å². The first-order valence-corrected chi connectivity index (χ1v) is 9.87. The molecular formula is C20H22N8O2. The topological polar surface area (TPSA) is 102 Å². The fourth-order valence-electron chi connectivity index (χ4n) is 3.91. The highest BCUT2D eigenvalue weighted by Gasteiger charge is 2.22. The van der Waals surface area contributed by atoms with Gasteiger partial charge in [-0.05, 0) is 18.9 Å². The number of ether oxygens (including phenoxy) is 1. The third-order valence-corrected chi connectivity index (χ3v) is 5.50. The summed E-state index contributed by atoms with van der Waals surface area (Å²) >= 11 is 0. The first kappa shape index (κ1) is 18.3. The third kappa shape index (κ3) is 3.19. The van der Waals surface area contributed by atoms with E-state index >= 15 is 0 Å². The fourth-order valence-corrected chi connectivity index (χ4v) is 3.91. The lowest BCUT2D eigenvalue weighted by Crippen LogP contribution is -2.41. The number of nitrogens with zero attached hydrogens (tertiary/aromatic N) is 7. The zero-order chi connectivity index (χ0) is 20.7. The number of likely N-dealkylation sites (tertiary alicyclic amines) is 1. The highest BCUT2D eigenvalue weighted by atomic mass is 16.5. The molecule has 0 aromatic carbocycles. The second-order valence-electron chi connectivity index (χ2n) is 7.37. The molecule has 0 radical (unpaired) electrons. The number of carbonyl (C=O) groups excluding carboxylic acids is 1. The van der Waals surface area contributed by atoms with Gasteiger partial charge in [-0.2, -0.15) is 4.98 Å². The quantitative estimate of drug-likeness (QED) is 0.552. The third-order valence-electron chi connectivity index (χ3n) is 5.50. The zero-order valence-corrected chi connectivity index (χ0v) is 16.8. The van der Waals surface area contributed by atoms with Crippen LogP contribution < -0.4 is 10.1 Å². The Hall–Kier alpha value is -3.69. The molecule has 0 unspecified atom stereocenters. The van der Waals surface area contributed by atoms with Crippen LogP contribution in [0.5, 0.6) is 5.88 Å². The maximum absolute atomic E-state index is 11.5. The number of hydrogen-bond donors (Lipinski definition) is 1. The number of methoxy groups -OCH3 is 1. The summed E-state index contributed by atoms with van der Waals surface area (Å²) in [6, 6.07) is 2.19. The van der Waals surface area contributed by atoms with E-state index in [1.807, 2.05) is 34.0 Å². The number of fused-ring (bicyclic) bond motifs is 2. The highest BCUT2D eigenvalue weighted by Crippen LogP contribution is 2.31. The van der Waals surface area contributed by atoms with Crippen LogP contribution in [0.3, 0.4) is 0 Å². The lowest BCUT2D eigenvalue weighted by Gasteiger charge is -2.31. The molecule has 0 bridgehead atoms. The van der Waals surface area contributed by atoms with Crippen molar-refractivity contribution in [1.82, 2.24) is 33.9 Å². The van der Waals surface area contributed by atoms with Crippen LogP contribution in [0.25, 0.3) is 22.4 Å². The van der Waals surface area contributed by atoms with Crippen molar-refractivity contribution in [2.24, 2.45) is 0 Å². The molecule has 1 amide bonds. The molecule has 1 aliphatic heterocycles. The van der Waals surface area contributed by atoms with E-state index in [2.05, 4.69) is 25.4 Å². The Bertz CT molecular complexity index is 1220. The molecule has 5 heterocycles. The van der Waals surface area contributed by atoms with E-state index < -0.39 is 0 Å². The second-order valence-corrected chi connectivity index (χ2v) is 7.37. The molecule has 1 N–H and O–H groups in total. The van der Waals surface area contributed by atoms with Gasteiger partial charge < -0.3 is 15.0 Å². The van der Waals surface area contributed by atoms with Crippen LogP contribution in [0, 0.1) is 0 Å². The van der Waals surface area contributed by atoms with E-state index in [4.69, 9.17) is 4.74 Å². The predicted molar refractivity (Wildman–Crippen MR) is 110 cm³/mol. The van der Waals surface area contributed by atoms with Crippen molar-refractivity contribution >= 4 is 23.1 Å². The van der Waals surface area contributed by atoms with Gasteiger partial charge in [0.2, 0.25) is 23.5 Å². The largest absolute Gasteiger partial charge is 0.479 e. The first-order chi connectivity index (χ1) is 14.6. The van der Waals surface area contributed by atoms with Gasteiger partial charge in [-0.1, -0.05) is 0 Å². The number of hydrogen-bond acceptors (Lipinski definition) is 7. The highest BCUT2D eigenvalue weighted by molar-refractivity contribution is 5.84. The number of carbonyl (C=O) groups is 1. The Labute approximate surface area is 172 Å². The summed E-state index contributed by atoms with van der Waals surface area (Å²) in [5.74, 6) is 1.76. The molecule has 30 heavy (non-hydrogen) atoms. The van der Waals surface area contributed by atoms with Crippen LogP contribution in [0.1, 0.15) is 19.8 Å². The molecular weight excluding hydrogens is 384 g/mol. The summed E-state index contributed by atoms with van der Waals surface area (Å²) < 4.78 is 9.24. The Morgan fingerprint density at radius 2 is 2.07 bits per heavy atom. The number of nitrogens with one attached hydrogen (secondary N) is 1. The molecule has 1 aliphatic rings. The lowest BCUT2D eigenvalue weighted by atomic mass is 10.1. The predicted octanol–water partition coefficient (Wildman–Crippen LogP) is 1.87. The van der Waals surface area contributed by atoms with Crippen molar-refractivity contribution in [3.05, 3.63) is 37.1 Å². The van der Waals surface area contributed by atoms with Crippen LogP contribution in [0.15, 0.2) is 37.1 Å². The average molecular weight is 406 g/mol. The van der Waals surface area contributed by atoms with E-state index in [0.717, 1.165) is 42.6 Å². The van der Waals surface area contributed by atoms with Gasteiger partial charge in [0.1, 0.15) is 5.52 Å². The van der Waals surface area contributed by atoms with Crippen LogP contribution in [0.4, 0.5) is 5.95 Å². The van der Waals surface area contributed by atoms with Crippen LogP contribution >= 0.6 is 0 Å².